The zero-order chi connectivity index (χ0) is 13.3. The van der Waals surface area contributed by atoms with Crippen molar-refractivity contribution in [2.75, 3.05) is 12.3 Å². The van der Waals surface area contributed by atoms with Crippen molar-refractivity contribution in [3.63, 3.8) is 0 Å². The molecule has 0 aromatic heterocycles. The van der Waals surface area contributed by atoms with E-state index in [1.165, 1.54) is 17.0 Å². The van der Waals surface area contributed by atoms with Crippen LogP contribution in [0.15, 0.2) is 18.2 Å². The fraction of sp³-hybridized carbons (Fsp3) is 0.333. The van der Waals surface area contributed by atoms with Gasteiger partial charge in [0.1, 0.15) is 6.04 Å². The van der Waals surface area contributed by atoms with Gasteiger partial charge in [0.2, 0.25) is 0 Å². The Morgan fingerprint density at radius 3 is 2.78 bits per heavy atom. The fourth-order valence-corrected chi connectivity index (χ4v) is 2.33. The number of rotatable bonds is 2. The number of carbonyl (C=O) groups excluding carboxylic acids is 1. The van der Waals surface area contributed by atoms with E-state index >= 15 is 0 Å². The molecule has 0 saturated carbocycles. The first kappa shape index (κ1) is 12.7. The Labute approximate surface area is 109 Å². The summed E-state index contributed by atoms with van der Waals surface area (Å²) in [6.07, 6.45) is 1.17. The van der Waals surface area contributed by atoms with Crippen LogP contribution in [0.3, 0.4) is 0 Å². The Bertz CT molecular complexity index is 504. The van der Waals surface area contributed by atoms with Gasteiger partial charge >= 0.3 is 5.97 Å². The number of anilines is 1. The van der Waals surface area contributed by atoms with Gasteiger partial charge in [-0.2, -0.15) is 0 Å². The Kier molecular flexibility index (Phi) is 3.43. The van der Waals surface area contributed by atoms with Gasteiger partial charge in [0.15, 0.2) is 0 Å². The number of carboxylic acids is 1. The van der Waals surface area contributed by atoms with Crippen LogP contribution < -0.4 is 5.73 Å². The van der Waals surface area contributed by atoms with Crippen molar-refractivity contribution in [2.24, 2.45) is 0 Å². The normalized spacial score (nSPS) is 18.9. The van der Waals surface area contributed by atoms with Gasteiger partial charge in [0.25, 0.3) is 5.91 Å². The van der Waals surface area contributed by atoms with Gasteiger partial charge in [-0.25, -0.2) is 4.79 Å². The molecule has 1 aromatic rings. The van der Waals surface area contributed by atoms with Crippen LogP contribution in [0.2, 0.25) is 5.02 Å². The number of nitrogens with two attached hydrogens (primary N) is 1. The highest BCUT2D eigenvalue weighted by Crippen LogP contribution is 2.24. The summed E-state index contributed by atoms with van der Waals surface area (Å²) in [4.78, 5) is 24.6. The first-order valence-corrected chi connectivity index (χ1v) is 5.97. The lowest BCUT2D eigenvalue weighted by atomic mass is 10.1. The van der Waals surface area contributed by atoms with Crippen LogP contribution in [0.5, 0.6) is 0 Å². The lowest BCUT2D eigenvalue weighted by Gasteiger charge is -2.22. The van der Waals surface area contributed by atoms with Crippen molar-refractivity contribution >= 4 is 29.2 Å². The molecule has 18 heavy (non-hydrogen) atoms. The van der Waals surface area contributed by atoms with E-state index in [0.717, 1.165) is 0 Å². The highest BCUT2D eigenvalue weighted by Gasteiger charge is 2.34. The number of likely N-dealkylation sites (tertiary alicyclic amines) is 1. The minimum atomic E-state index is -0.978. The quantitative estimate of drug-likeness (QED) is 0.798. The monoisotopic (exact) mass is 268 g/mol. The van der Waals surface area contributed by atoms with Crippen molar-refractivity contribution in [1.82, 2.24) is 4.90 Å². The molecule has 1 unspecified atom stereocenters. The molecule has 2 rings (SSSR count). The zero-order valence-electron chi connectivity index (χ0n) is 9.60. The molecule has 1 aromatic carbocycles. The van der Waals surface area contributed by atoms with Crippen LogP contribution >= 0.6 is 11.6 Å². The molecule has 1 heterocycles. The van der Waals surface area contributed by atoms with Crippen molar-refractivity contribution in [3.05, 3.63) is 28.8 Å². The minimum absolute atomic E-state index is 0.267. The van der Waals surface area contributed by atoms with Gasteiger partial charge in [0.05, 0.1) is 5.56 Å². The lowest BCUT2D eigenvalue weighted by molar-refractivity contribution is -0.141. The van der Waals surface area contributed by atoms with E-state index in [9.17, 15) is 9.59 Å². The summed E-state index contributed by atoms with van der Waals surface area (Å²) in [6.45, 7) is 0.442. The van der Waals surface area contributed by atoms with E-state index in [-0.39, 0.29) is 11.6 Å². The molecule has 0 bridgehead atoms. The highest BCUT2D eigenvalue weighted by molar-refractivity contribution is 6.31. The van der Waals surface area contributed by atoms with E-state index in [0.29, 0.717) is 30.0 Å². The number of benzene rings is 1. The molecule has 6 heteroatoms. The van der Waals surface area contributed by atoms with Gasteiger partial charge in [0, 0.05) is 17.3 Å². The summed E-state index contributed by atoms with van der Waals surface area (Å²) in [5.41, 5.74) is 6.30. The number of carboxylic acid groups (broad SMARTS) is 1. The molecule has 3 N–H and O–H groups in total. The molecule has 1 aliphatic rings. The van der Waals surface area contributed by atoms with Gasteiger partial charge in [-0.3, -0.25) is 4.79 Å². The molecular weight excluding hydrogens is 256 g/mol. The van der Waals surface area contributed by atoms with E-state index in [4.69, 9.17) is 22.4 Å². The molecule has 0 radical (unpaired) electrons. The molecular formula is C12H13ClN2O3. The van der Waals surface area contributed by atoms with E-state index in [1.807, 2.05) is 0 Å². The van der Waals surface area contributed by atoms with Crippen LogP contribution in [0.1, 0.15) is 23.2 Å². The van der Waals surface area contributed by atoms with E-state index in [1.54, 1.807) is 6.07 Å². The second kappa shape index (κ2) is 4.86. The first-order chi connectivity index (χ1) is 8.50. The third kappa shape index (κ3) is 2.26. The van der Waals surface area contributed by atoms with Crippen molar-refractivity contribution in [3.8, 4) is 0 Å². The summed E-state index contributed by atoms with van der Waals surface area (Å²) in [7, 11) is 0. The van der Waals surface area contributed by atoms with Gasteiger partial charge < -0.3 is 15.7 Å². The summed E-state index contributed by atoms with van der Waals surface area (Å²) in [5, 5.41) is 9.49. The largest absolute Gasteiger partial charge is 0.480 e. The van der Waals surface area contributed by atoms with Gasteiger partial charge in [-0.1, -0.05) is 11.6 Å². The maximum atomic E-state index is 12.2. The minimum Gasteiger partial charge on any atom is -0.480 e. The van der Waals surface area contributed by atoms with Crippen molar-refractivity contribution < 1.29 is 14.7 Å². The third-order valence-electron chi connectivity index (χ3n) is 3.04. The molecule has 0 spiro atoms. The van der Waals surface area contributed by atoms with Crippen molar-refractivity contribution in [1.29, 1.82) is 0 Å². The molecule has 0 aliphatic carbocycles. The molecule has 1 amide bonds. The fourth-order valence-electron chi connectivity index (χ4n) is 2.15. The Balaban J connectivity index is 2.28. The maximum Gasteiger partial charge on any atom is 0.326 e. The average molecular weight is 269 g/mol. The second-order valence-corrected chi connectivity index (χ2v) is 4.66. The summed E-state index contributed by atoms with van der Waals surface area (Å²) >= 11 is 5.76. The van der Waals surface area contributed by atoms with E-state index < -0.39 is 12.0 Å². The number of hydrogen-bond acceptors (Lipinski definition) is 3. The van der Waals surface area contributed by atoms with E-state index in [2.05, 4.69) is 0 Å². The number of carbonyl (C=O) groups is 2. The number of halogens is 1. The number of nitrogen functional groups attached to an aromatic ring is 1. The van der Waals surface area contributed by atoms with Crippen LogP contribution in [-0.2, 0) is 4.79 Å². The Morgan fingerprint density at radius 2 is 2.17 bits per heavy atom. The summed E-state index contributed by atoms with van der Waals surface area (Å²) in [6, 6.07) is 3.82. The molecule has 1 atom stereocenters. The predicted molar refractivity (Wildman–Crippen MR) is 67.6 cm³/mol. The number of hydrogen-bond donors (Lipinski definition) is 2. The van der Waals surface area contributed by atoms with Gasteiger partial charge in [-0.05, 0) is 31.0 Å². The van der Waals surface area contributed by atoms with Crippen LogP contribution in [0, 0.1) is 0 Å². The van der Waals surface area contributed by atoms with Crippen LogP contribution in [-0.4, -0.2) is 34.5 Å². The second-order valence-electron chi connectivity index (χ2n) is 4.23. The smallest absolute Gasteiger partial charge is 0.326 e. The highest BCUT2D eigenvalue weighted by atomic mass is 35.5. The third-order valence-corrected chi connectivity index (χ3v) is 3.28. The summed E-state index contributed by atoms with van der Waals surface area (Å²) < 4.78 is 0. The number of aliphatic carboxylic acids is 1. The topological polar surface area (TPSA) is 83.6 Å². The average Bonchev–Trinajstić information content (AvgIpc) is 2.77. The van der Waals surface area contributed by atoms with Crippen molar-refractivity contribution in [2.45, 2.75) is 18.9 Å². The Hall–Kier alpha value is -1.75. The van der Waals surface area contributed by atoms with Crippen LogP contribution in [0.4, 0.5) is 5.69 Å². The van der Waals surface area contributed by atoms with Crippen LogP contribution in [0.25, 0.3) is 0 Å². The predicted octanol–water partition coefficient (Wildman–Crippen LogP) is 1.61. The molecule has 5 nitrogen and oxygen atoms in total. The standard InChI is InChI=1S/C12H13ClN2O3/c13-7-3-4-8(9(14)6-7)11(16)15-5-1-2-10(15)12(17)18/h3-4,6,10H,1-2,5,14H2,(H,17,18). The lowest BCUT2D eigenvalue weighted by Crippen LogP contribution is -2.40. The SMILES string of the molecule is Nc1cc(Cl)ccc1C(=O)N1CCCC1C(=O)O. The number of amides is 1. The zero-order valence-corrected chi connectivity index (χ0v) is 10.4. The maximum absolute atomic E-state index is 12.2. The molecule has 1 fully saturated rings. The molecule has 1 aliphatic heterocycles. The summed E-state index contributed by atoms with van der Waals surface area (Å²) in [5.74, 6) is -1.33. The molecule has 1 saturated heterocycles. The molecule has 96 valence electrons. The Morgan fingerprint density at radius 1 is 1.44 bits per heavy atom. The van der Waals surface area contributed by atoms with Gasteiger partial charge in [-0.15, -0.1) is 0 Å². The number of nitrogens with zero attached hydrogens (tertiary/aromatic N) is 1. The first-order valence-electron chi connectivity index (χ1n) is 5.59.